The Bertz CT molecular complexity index is 1080. The van der Waals surface area contributed by atoms with Crippen LogP contribution in [0.15, 0.2) is 64.7 Å². The van der Waals surface area contributed by atoms with E-state index < -0.39 is 12.0 Å². The summed E-state index contributed by atoms with van der Waals surface area (Å²) in [4.78, 5) is 31.3. The average molecular weight is 497 g/mol. The van der Waals surface area contributed by atoms with Crippen molar-refractivity contribution in [2.24, 2.45) is 0 Å². The number of carbonyl (C=O) groups excluding carboxylic acids is 2. The number of rotatable bonds is 8. The molecule has 2 N–H and O–H groups in total. The number of ether oxygens (including phenoxy) is 2. The minimum Gasteiger partial charge on any atom is -0.495 e. The standard InChI is InChI=1S/C26H32N4O4S/c1-4-34-25(31)23-20(27-26(32)28-24(23)18-9-11-19(35-3)12-10-18)17-29-13-15-30(16-14-29)21-7-5-6-8-22(21)33-2/h5-12,24H,4,13-17H2,1-3H3,(H2,27,28,32)/t24-/m0/s1. The van der Waals surface area contributed by atoms with Crippen LogP contribution in [0.25, 0.3) is 0 Å². The minimum absolute atomic E-state index is 0.263. The average Bonchev–Trinajstić information content (AvgIpc) is 2.89. The molecule has 2 heterocycles. The molecule has 8 nitrogen and oxygen atoms in total. The third-order valence-corrected chi connectivity index (χ3v) is 7.02. The predicted molar refractivity (Wildman–Crippen MR) is 138 cm³/mol. The zero-order chi connectivity index (χ0) is 24.8. The van der Waals surface area contributed by atoms with E-state index >= 15 is 0 Å². The van der Waals surface area contributed by atoms with Crippen LogP contribution in [-0.4, -0.2) is 69.6 Å². The van der Waals surface area contributed by atoms with Crippen molar-refractivity contribution in [1.82, 2.24) is 15.5 Å². The van der Waals surface area contributed by atoms with Gasteiger partial charge in [-0.15, -0.1) is 11.8 Å². The number of benzene rings is 2. The number of urea groups is 1. The molecule has 0 bridgehead atoms. The van der Waals surface area contributed by atoms with E-state index in [1.807, 2.05) is 48.7 Å². The second-order valence-electron chi connectivity index (χ2n) is 8.35. The van der Waals surface area contributed by atoms with Crippen molar-refractivity contribution in [3.05, 3.63) is 65.4 Å². The lowest BCUT2D eigenvalue weighted by Crippen LogP contribution is -2.51. The Hall–Kier alpha value is -3.17. The van der Waals surface area contributed by atoms with Crippen molar-refractivity contribution in [3.8, 4) is 5.75 Å². The second kappa shape index (κ2) is 11.5. The third-order valence-electron chi connectivity index (χ3n) is 6.28. The number of nitrogens with one attached hydrogen (secondary N) is 2. The van der Waals surface area contributed by atoms with Gasteiger partial charge in [0.25, 0.3) is 0 Å². The fourth-order valence-corrected chi connectivity index (χ4v) is 4.91. The van der Waals surface area contributed by atoms with Crippen molar-refractivity contribution in [1.29, 1.82) is 0 Å². The quantitative estimate of drug-likeness (QED) is 0.428. The fraction of sp³-hybridized carbons (Fsp3) is 0.385. The van der Waals surface area contributed by atoms with Gasteiger partial charge in [-0.1, -0.05) is 24.3 Å². The van der Waals surface area contributed by atoms with Crippen LogP contribution >= 0.6 is 11.8 Å². The van der Waals surface area contributed by atoms with Crippen molar-refractivity contribution in [3.63, 3.8) is 0 Å². The predicted octanol–water partition coefficient (Wildman–Crippen LogP) is 3.41. The summed E-state index contributed by atoms with van der Waals surface area (Å²) in [6.45, 7) is 5.71. The van der Waals surface area contributed by atoms with Gasteiger partial charge in [-0.25, -0.2) is 9.59 Å². The Labute approximate surface area is 210 Å². The molecule has 35 heavy (non-hydrogen) atoms. The van der Waals surface area contributed by atoms with Crippen LogP contribution < -0.4 is 20.3 Å². The van der Waals surface area contributed by atoms with Gasteiger partial charge in [-0.2, -0.15) is 0 Å². The van der Waals surface area contributed by atoms with E-state index in [1.54, 1.807) is 25.8 Å². The number of nitrogens with zero attached hydrogens (tertiary/aromatic N) is 2. The number of esters is 1. The molecular weight excluding hydrogens is 464 g/mol. The lowest BCUT2D eigenvalue weighted by molar-refractivity contribution is -0.139. The number of methoxy groups -OCH3 is 1. The highest BCUT2D eigenvalue weighted by Crippen LogP contribution is 2.31. The highest BCUT2D eigenvalue weighted by Gasteiger charge is 2.34. The van der Waals surface area contributed by atoms with Gasteiger partial charge in [0.15, 0.2) is 0 Å². The van der Waals surface area contributed by atoms with Gasteiger partial charge in [-0.05, 0) is 43.0 Å². The number of anilines is 1. The van der Waals surface area contributed by atoms with Gasteiger partial charge in [0.1, 0.15) is 5.75 Å². The molecule has 1 fully saturated rings. The summed E-state index contributed by atoms with van der Waals surface area (Å²) in [7, 11) is 1.68. The van der Waals surface area contributed by atoms with Crippen LogP contribution in [-0.2, 0) is 9.53 Å². The van der Waals surface area contributed by atoms with E-state index in [2.05, 4.69) is 26.5 Å². The number of thioether (sulfide) groups is 1. The Morgan fingerprint density at radius 2 is 1.80 bits per heavy atom. The molecule has 2 aromatic carbocycles. The molecule has 0 aromatic heterocycles. The molecule has 1 saturated heterocycles. The first-order valence-corrected chi connectivity index (χ1v) is 13.0. The van der Waals surface area contributed by atoms with Crippen LogP contribution in [0.3, 0.4) is 0 Å². The summed E-state index contributed by atoms with van der Waals surface area (Å²) in [5, 5.41) is 5.80. The monoisotopic (exact) mass is 496 g/mol. The van der Waals surface area contributed by atoms with E-state index in [4.69, 9.17) is 9.47 Å². The summed E-state index contributed by atoms with van der Waals surface area (Å²) in [6, 6.07) is 15.0. The molecule has 0 saturated carbocycles. The van der Waals surface area contributed by atoms with Gasteiger partial charge >= 0.3 is 12.0 Å². The molecule has 0 aliphatic carbocycles. The van der Waals surface area contributed by atoms with E-state index in [1.165, 1.54) is 0 Å². The normalized spacial score (nSPS) is 18.7. The Kier molecular flexibility index (Phi) is 8.20. The summed E-state index contributed by atoms with van der Waals surface area (Å²) < 4.78 is 10.9. The summed E-state index contributed by atoms with van der Waals surface area (Å²) in [5.74, 6) is 0.441. The maximum atomic E-state index is 13.1. The van der Waals surface area contributed by atoms with Gasteiger partial charge in [0, 0.05) is 43.3 Å². The molecule has 2 aliphatic rings. The van der Waals surface area contributed by atoms with Crippen LogP contribution in [0.2, 0.25) is 0 Å². The van der Waals surface area contributed by atoms with E-state index in [-0.39, 0.29) is 12.6 Å². The maximum absolute atomic E-state index is 13.1. The highest BCUT2D eigenvalue weighted by atomic mass is 32.2. The number of amides is 2. The molecular formula is C26H32N4O4S. The molecule has 9 heteroatoms. The van der Waals surface area contributed by atoms with Crippen LogP contribution in [0.5, 0.6) is 5.75 Å². The maximum Gasteiger partial charge on any atom is 0.338 e. The molecule has 2 amide bonds. The molecule has 0 radical (unpaired) electrons. The molecule has 0 unspecified atom stereocenters. The number of carbonyl (C=O) groups is 2. The highest BCUT2D eigenvalue weighted by molar-refractivity contribution is 7.98. The van der Waals surface area contributed by atoms with Crippen molar-refractivity contribution < 1.29 is 19.1 Å². The smallest absolute Gasteiger partial charge is 0.338 e. The first-order valence-electron chi connectivity index (χ1n) is 11.8. The third kappa shape index (κ3) is 5.74. The lowest BCUT2D eigenvalue weighted by Gasteiger charge is -2.38. The Morgan fingerprint density at radius 1 is 1.09 bits per heavy atom. The van der Waals surface area contributed by atoms with E-state index in [0.29, 0.717) is 17.8 Å². The van der Waals surface area contributed by atoms with Crippen molar-refractivity contribution in [2.75, 3.05) is 57.6 Å². The van der Waals surface area contributed by atoms with E-state index in [9.17, 15) is 9.59 Å². The number of piperazine rings is 1. The lowest BCUT2D eigenvalue weighted by atomic mass is 9.95. The number of hydrogen-bond acceptors (Lipinski definition) is 7. The largest absolute Gasteiger partial charge is 0.495 e. The summed E-state index contributed by atoms with van der Waals surface area (Å²) in [6.07, 6.45) is 2.01. The summed E-state index contributed by atoms with van der Waals surface area (Å²) >= 11 is 1.64. The SMILES string of the molecule is CCOC(=O)C1=C(CN2CCN(c3ccccc3OC)CC2)NC(=O)N[C@H]1c1ccc(SC)cc1. The molecule has 1 atom stereocenters. The molecule has 186 valence electrons. The molecule has 2 aromatic rings. The second-order valence-corrected chi connectivity index (χ2v) is 9.23. The molecule has 4 rings (SSSR count). The molecule has 2 aliphatic heterocycles. The molecule has 0 spiro atoms. The first kappa shape index (κ1) is 24.9. The van der Waals surface area contributed by atoms with Gasteiger partial charge in [0.2, 0.25) is 0 Å². The number of para-hydroxylation sites is 2. The zero-order valence-electron chi connectivity index (χ0n) is 20.4. The van der Waals surface area contributed by atoms with Crippen LogP contribution in [0.1, 0.15) is 18.5 Å². The van der Waals surface area contributed by atoms with Gasteiger partial charge in [-0.3, -0.25) is 4.90 Å². The van der Waals surface area contributed by atoms with Crippen molar-refractivity contribution in [2.45, 2.75) is 17.9 Å². The first-order chi connectivity index (χ1) is 17.0. The summed E-state index contributed by atoms with van der Waals surface area (Å²) in [5.41, 5.74) is 2.97. The van der Waals surface area contributed by atoms with Gasteiger partial charge in [0.05, 0.1) is 31.0 Å². The topological polar surface area (TPSA) is 83.1 Å². The Morgan fingerprint density at radius 3 is 2.46 bits per heavy atom. The van der Waals surface area contributed by atoms with Crippen LogP contribution in [0, 0.1) is 0 Å². The Balaban J connectivity index is 1.55. The van der Waals surface area contributed by atoms with Crippen LogP contribution in [0.4, 0.5) is 10.5 Å². The zero-order valence-corrected chi connectivity index (χ0v) is 21.2. The minimum atomic E-state index is -0.566. The van der Waals surface area contributed by atoms with Crippen molar-refractivity contribution >= 4 is 29.4 Å². The van der Waals surface area contributed by atoms with E-state index in [0.717, 1.165) is 48.1 Å². The van der Waals surface area contributed by atoms with Gasteiger partial charge < -0.3 is 25.0 Å². The number of hydrogen-bond donors (Lipinski definition) is 2. The fourth-order valence-electron chi connectivity index (χ4n) is 4.50.